The first-order chi connectivity index (χ1) is 9.36. The van der Waals surface area contributed by atoms with Crippen LogP contribution in [0.25, 0.3) is 21.8 Å². The lowest BCUT2D eigenvalue weighted by Gasteiger charge is -2.06. The van der Waals surface area contributed by atoms with E-state index in [0.29, 0.717) is 6.10 Å². The zero-order valence-electron chi connectivity index (χ0n) is 10.8. The van der Waals surface area contributed by atoms with E-state index < -0.39 is 0 Å². The minimum Gasteiger partial charge on any atom is -0.497 e. The van der Waals surface area contributed by atoms with E-state index in [1.54, 1.807) is 7.11 Å². The Bertz CT molecular complexity index is 756. The van der Waals surface area contributed by atoms with E-state index in [1.807, 2.05) is 6.07 Å². The van der Waals surface area contributed by atoms with Gasteiger partial charge in [-0.05, 0) is 18.2 Å². The molecule has 4 rings (SSSR count). The molecule has 96 valence electrons. The van der Waals surface area contributed by atoms with Gasteiger partial charge in [0.05, 0.1) is 31.9 Å². The molecule has 0 spiro atoms. The smallest absolute Gasteiger partial charge is 0.120 e. The van der Waals surface area contributed by atoms with Crippen molar-refractivity contribution >= 4 is 21.8 Å². The molecule has 1 saturated heterocycles. The highest BCUT2D eigenvalue weighted by molar-refractivity contribution is 6.08. The number of aromatic nitrogens is 1. The molecule has 19 heavy (non-hydrogen) atoms. The second kappa shape index (κ2) is 4.00. The molecule has 3 aromatic rings. The van der Waals surface area contributed by atoms with Gasteiger partial charge in [0.15, 0.2) is 0 Å². The molecule has 1 aromatic heterocycles. The molecule has 1 aliphatic rings. The summed E-state index contributed by atoms with van der Waals surface area (Å²) in [5, 5.41) is 2.57. The average molecular weight is 253 g/mol. The minimum absolute atomic E-state index is 0.366. The number of hydrogen-bond donors (Lipinski definition) is 0. The average Bonchev–Trinajstić information content (AvgIpc) is 3.23. The second-order valence-electron chi connectivity index (χ2n) is 4.97. The molecule has 1 unspecified atom stereocenters. The van der Waals surface area contributed by atoms with Crippen molar-refractivity contribution in [2.45, 2.75) is 12.6 Å². The SMILES string of the molecule is COc1ccc2c3ccccc3n(CC3CO3)c2c1. The Balaban J connectivity index is 2.05. The van der Waals surface area contributed by atoms with Crippen molar-refractivity contribution in [2.24, 2.45) is 0 Å². The van der Waals surface area contributed by atoms with E-state index in [4.69, 9.17) is 9.47 Å². The molecule has 3 nitrogen and oxygen atoms in total. The van der Waals surface area contributed by atoms with Crippen molar-refractivity contribution in [1.82, 2.24) is 4.57 Å². The number of nitrogens with zero attached hydrogens (tertiary/aromatic N) is 1. The molecule has 0 amide bonds. The number of fused-ring (bicyclic) bond motifs is 3. The highest BCUT2D eigenvalue weighted by Gasteiger charge is 2.24. The molecule has 1 aliphatic heterocycles. The number of ether oxygens (including phenoxy) is 2. The standard InChI is InChI=1S/C16H15NO2/c1-18-11-6-7-14-13-4-2-3-5-15(13)17(16(14)8-11)9-12-10-19-12/h2-8,12H,9-10H2,1H3. The summed E-state index contributed by atoms with van der Waals surface area (Å²) in [5.41, 5.74) is 2.48. The van der Waals surface area contributed by atoms with Crippen molar-refractivity contribution in [3.63, 3.8) is 0 Å². The van der Waals surface area contributed by atoms with E-state index in [2.05, 4.69) is 41.0 Å². The summed E-state index contributed by atoms with van der Waals surface area (Å²) in [6.07, 6.45) is 0.366. The Morgan fingerprint density at radius 3 is 2.74 bits per heavy atom. The first-order valence-corrected chi connectivity index (χ1v) is 6.53. The molecule has 0 bridgehead atoms. The van der Waals surface area contributed by atoms with E-state index in [0.717, 1.165) is 18.9 Å². The maximum Gasteiger partial charge on any atom is 0.120 e. The summed E-state index contributed by atoms with van der Waals surface area (Å²) in [5.74, 6) is 0.897. The molecule has 2 aromatic carbocycles. The summed E-state index contributed by atoms with van der Waals surface area (Å²) in [7, 11) is 1.71. The van der Waals surface area contributed by atoms with E-state index in [1.165, 1.54) is 21.8 Å². The van der Waals surface area contributed by atoms with Gasteiger partial charge in [0, 0.05) is 22.4 Å². The van der Waals surface area contributed by atoms with Gasteiger partial charge in [0.1, 0.15) is 5.75 Å². The first-order valence-electron chi connectivity index (χ1n) is 6.53. The van der Waals surface area contributed by atoms with Gasteiger partial charge in [0.2, 0.25) is 0 Å². The third-order valence-electron chi connectivity index (χ3n) is 3.77. The third-order valence-corrected chi connectivity index (χ3v) is 3.77. The fourth-order valence-corrected chi connectivity index (χ4v) is 2.73. The van der Waals surface area contributed by atoms with Crippen LogP contribution < -0.4 is 4.74 Å². The van der Waals surface area contributed by atoms with Gasteiger partial charge in [-0.15, -0.1) is 0 Å². The van der Waals surface area contributed by atoms with Crippen molar-refractivity contribution in [1.29, 1.82) is 0 Å². The van der Waals surface area contributed by atoms with Gasteiger partial charge >= 0.3 is 0 Å². The molecule has 1 atom stereocenters. The van der Waals surface area contributed by atoms with Crippen LogP contribution in [0.3, 0.4) is 0 Å². The maximum absolute atomic E-state index is 5.38. The number of para-hydroxylation sites is 1. The highest BCUT2D eigenvalue weighted by Crippen LogP contribution is 2.32. The molecule has 3 heteroatoms. The van der Waals surface area contributed by atoms with Gasteiger partial charge in [-0.2, -0.15) is 0 Å². The van der Waals surface area contributed by atoms with Gasteiger partial charge in [0.25, 0.3) is 0 Å². The molecule has 1 fully saturated rings. The summed E-state index contributed by atoms with van der Waals surface area (Å²) >= 11 is 0. The fourth-order valence-electron chi connectivity index (χ4n) is 2.73. The van der Waals surface area contributed by atoms with E-state index in [-0.39, 0.29) is 0 Å². The Hall–Kier alpha value is -2.00. The Morgan fingerprint density at radius 1 is 1.16 bits per heavy atom. The number of benzene rings is 2. The van der Waals surface area contributed by atoms with Crippen LogP contribution in [0.2, 0.25) is 0 Å². The molecule has 0 saturated carbocycles. The van der Waals surface area contributed by atoms with Crippen molar-refractivity contribution in [3.8, 4) is 5.75 Å². The zero-order valence-corrected chi connectivity index (χ0v) is 10.8. The lowest BCUT2D eigenvalue weighted by Crippen LogP contribution is -2.03. The lowest BCUT2D eigenvalue weighted by molar-refractivity contribution is 0.387. The van der Waals surface area contributed by atoms with Crippen molar-refractivity contribution in [2.75, 3.05) is 13.7 Å². The molecule has 0 N–H and O–H groups in total. The monoisotopic (exact) mass is 253 g/mol. The van der Waals surface area contributed by atoms with Crippen LogP contribution >= 0.6 is 0 Å². The zero-order chi connectivity index (χ0) is 12.8. The third kappa shape index (κ3) is 1.70. The summed E-state index contributed by atoms with van der Waals surface area (Å²) in [4.78, 5) is 0. The van der Waals surface area contributed by atoms with Gasteiger partial charge in [-0.1, -0.05) is 18.2 Å². The van der Waals surface area contributed by atoms with Crippen molar-refractivity contribution in [3.05, 3.63) is 42.5 Å². The van der Waals surface area contributed by atoms with Crippen LogP contribution in [-0.2, 0) is 11.3 Å². The number of rotatable bonds is 3. The quantitative estimate of drug-likeness (QED) is 0.670. The van der Waals surface area contributed by atoms with Crippen LogP contribution in [0.15, 0.2) is 42.5 Å². The van der Waals surface area contributed by atoms with Gasteiger partial charge in [-0.3, -0.25) is 0 Å². The highest BCUT2D eigenvalue weighted by atomic mass is 16.6. The minimum atomic E-state index is 0.366. The number of hydrogen-bond acceptors (Lipinski definition) is 2. The molecule has 0 aliphatic carbocycles. The van der Waals surface area contributed by atoms with Gasteiger partial charge in [-0.25, -0.2) is 0 Å². The van der Waals surface area contributed by atoms with Crippen molar-refractivity contribution < 1.29 is 9.47 Å². The lowest BCUT2D eigenvalue weighted by atomic mass is 10.1. The normalized spacial score (nSPS) is 18.1. The van der Waals surface area contributed by atoms with Crippen LogP contribution in [-0.4, -0.2) is 24.4 Å². The Labute approximate surface area is 111 Å². The predicted molar refractivity (Wildman–Crippen MR) is 75.7 cm³/mol. The second-order valence-corrected chi connectivity index (χ2v) is 4.97. The van der Waals surface area contributed by atoms with E-state index in [9.17, 15) is 0 Å². The van der Waals surface area contributed by atoms with Crippen LogP contribution in [0, 0.1) is 0 Å². The topological polar surface area (TPSA) is 26.7 Å². The summed E-state index contributed by atoms with van der Waals surface area (Å²) in [6.45, 7) is 1.79. The fraction of sp³-hybridized carbons (Fsp3) is 0.250. The van der Waals surface area contributed by atoms with Crippen LogP contribution in [0.4, 0.5) is 0 Å². The summed E-state index contributed by atoms with van der Waals surface area (Å²) < 4.78 is 13.1. The molecule has 0 radical (unpaired) electrons. The van der Waals surface area contributed by atoms with E-state index >= 15 is 0 Å². The Kier molecular flexibility index (Phi) is 2.29. The largest absolute Gasteiger partial charge is 0.497 e. The Morgan fingerprint density at radius 2 is 1.95 bits per heavy atom. The number of methoxy groups -OCH3 is 1. The molecular weight excluding hydrogens is 238 g/mol. The molecular formula is C16H15NO2. The predicted octanol–water partition coefficient (Wildman–Crippen LogP) is 3.20. The maximum atomic E-state index is 5.38. The van der Waals surface area contributed by atoms with Crippen LogP contribution in [0.1, 0.15) is 0 Å². The molecule has 2 heterocycles. The summed E-state index contributed by atoms with van der Waals surface area (Å²) in [6, 6.07) is 14.8. The van der Waals surface area contributed by atoms with Crippen LogP contribution in [0.5, 0.6) is 5.75 Å². The first kappa shape index (κ1) is 10.9. The number of epoxide rings is 1. The van der Waals surface area contributed by atoms with Gasteiger partial charge < -0.3 is 14.0 Å².